The largest absolute Gasteiger partial charge is 0.367 e. The Labute approximate surface area is 161 Å². The number of benzene rings is 3. The maximum absolute atomic E-state index is 12.4. The van der Waals surface area contributed by atoms with Crippen LogP contribution >= 0.6 is 0 Å². The molecule has 0 radical (unpaired) electrons. The van der Waals surface area contributed by atoms with Gasteiger partial charge in [-0.05, 0) is 47.7 Å². The minimum absolute atomic E-state index is 0.142. The number of para-hydroxylation sites is 1. The fraction of sp³-hybridized carbons (Fsp3) is 0.292. The van der Waals surface area contributed by atoms with Crippen molar-refractivity contribution in [1.29, 1.82) is 0 Å². The molecular formula is C24H26N2O. The van der Waals surface area contributed by atoms with Crippen LogP contribution in [0.1, 0.15) is 24.8 Å². The molecule has 1 amide bonds. The van der Waals surface area contributed by atoms with Crippen LogP contribution in [0.15, 0.2) is 72.8 Å². The number of amides is 1. The Morgan fingerprint density at radius 3 is 2.63 bits per heavy atom. The van der Waals surface area contributed by atoms with Gasteiger partial charge in [-0.15, -0.1) is 0 Å². The third-order valence-corrected chi connectivity index (χ3v) is 5.50. The zero-order chi connectivity index (χ0) is 18.5. The summed E-state index contributed by atoms with van der Waals surface area (Å²) in [6, 6.07) is 25.6. The van der Waals surface area contributed by atoms with Crippen molar-refractivity contribution in [2.75, 3.05) is 18.0 Å². The maximum atomic E-state index is 12.4. The molecule has 1 unspecified atom stereocenters. The molecule has 1 heterocycles. The van der Waals surface area contributed by atoms with E-state index in [1.54, 1.807) is 0 Å². The highest BCUT2D eigenvalue weighted by atomic mass is 16.1. The van der Waals surface area contributed by atoms with Crippen molar-refractivity contribution in [2.45, 2.75) is 31.7 Å². The van der Waals surface area contributed by atoms with Crippen molar-refractivity contribution in [3.05, 3.63) is 78.4 Å². The lowest BCUT2D eigenvalue weighted by Crippen LogP contribution is -2.40. The molecule has 138 valence electrons. The first-order valence-corrected chi connectivity index (χ1v) is 9.86. The van der Waals surface area contributed by atoms with Gasteiger partial charge in [0.2, 0.25) is 5.91 Å². The maximum Gasteiger partial charge on any atom is 0.220 e. The third-order valence-electron chi connectivity index (χ3n) is 5.50. The molecule has 4 rings (SSSR count). The smallest absolute Gasteiger partial charge is 0.220 e. The van der Waals surface area contributed by atoms with Crippen LogP contribution in [0.5, 0.6) is 0 Å². The zero-order valence-electron chi connectivity index (χ0n) is 15.6. The van der Waals surface area contributed by atoms with E-state index in [1.165, 1.54) is 28.4 Å². The fourth-order valence-electron chi connectivity index (χ4n) is 4.09. The molecule has 0 aliphatic carbocycles. The van der Waals surface area contributed by atoms with Crippen molar-refractivity contribution in [3.8, 4) is 0 Å². The average Bonchev–Trinajstić information content (AvgIpc) is 3.20. The number of nitrogens with one attached hydrogen (secondary N) is 1. The van der Waals surface area contributed by atoms with Crippen LogP contribution < -0.4 is 10.2 Å². The molecule has 1 aliphatic rings. The summed E-state index contributed by atoms with van der Waals surface area (Å²) in [5.41, 5.74) is 2.50. The number of carbonyl (C=O) groups is 1. The minimum Gasteiger partial charge on any atom is -0.367 e. The van der Waals surface area contributed by atoms with Gasteiger partial charge in [0.25, 0.3) is 0 Å². The van der Waals surface area contributed by atoms with Crippen molar-refractivity contribution in [2.24, 2.45) is 0 Å². The molecule has 3 aromatic carbocycles. The van der Waals surface area contributed by atoms with Gasteiger partial charge in [0.1, 0.15) is 0 Å². The highest BCUT2D eigenvalue weighted by Gasteiger charge is 2.24. The molecule has 1 N–H and O–H groups in total. The summed E-state index contributed by atoms with van der Waals surface area (Å²) in [5, 5.41) is 5.65. The monoisotopic (exact) mass is 358 g/mol. The summed E-state index contributed by atoms with van der Waals surface area (Å²) >= 11 is 0. The molecule has 27 heavy (non-hydrogen) atoms. The van der Waals surface area contributed by atoms with E-state index >= 15 is 0 Å². The molecular weight excluding hydrogens is 332 g/mol. The summed E-state index contributed by atoms with van der Waals surface area (Å²) in [6.45, 7) is 1.80. The van der Waals surface area contributed by atoms with Crippen molar-refractivity contribution in [1.82, 2.24) is 5.32 Å². The number of aryl methyl sites for hydroxylation is 1. The highest BCUT2D eigenvalue weighted by molar-refractivity contribution is 5.86. The highest BCUT2D eigenvalue weighted by Crippen LogP contribution is 2.25. The lowest BCUT2D eigenvalue weighted by atomic mass is 10.0. The van der Waals surface area contributed by atoms with Crippen LogP contribution in [-0.4, -0.2) is 25.0 Å². The van der Waals surface area contributed by atoms with E-state index in [4.69, 9.17) is 0 Å². The number of anilines is 1. The van der Waals surface area contributed by atoms with E-state index in [1.807, 2.05) is 6.07 Å². The third kappa shape index (κ3) is 4.13. The normalized spacial score (nSPS) is 16.6. The number of fused-ring (bicyclic) bond motifs is 1. The van der Waals surface area contributed by atoms with Crippen LogP contribution in [0.4, 0.5) is 5.69 Å². The molecule has 1 fully saturated rings. The van der Waals surface area contributed by atoms with Gasteiger partial charge in [-0.25, -0.2) is 0 Å². The van der Waals surface area contributed by atoms with Gasteiger partial charge in [-0.1, -0.05) is 60.7 Å². The number of hydrogen-bond acceptors (Lipinski definition) is 2. The van der Waals surface area contributed by atoms with Gasteiger partial charge < -0.3 is 10.2 Å². The predicted molar refractivity (Wildman–Crippen MR) is 112 cm³/mol. The molecule has 3 heteroatoms. The second-order valence-corrected chi connectivity index (χ2v) is 7.27. The second kappa shape index (κ2) is 8.26. The summed E-state index contributed by atoms with van der Waals surface area (Å²) in [5.74, 6) is 0.142. The van der Waals surface area contributed by atoms with E-state index in [2.05, 4.69) is 76.9 Å². The van der Waals surface area contributed by atoms with Gasteiger partial charge in [0.05, 0.1) is 0 Å². The number of rotatable bonds is 6. The van der Waals surface area contributed by atoms with Gasteiger partial charge in [0, 0.05) is 31.2 Å². The van der Waals surface area contributed by atoms with Crippen molar-refractivity contribution in [3.63, 3.8) is 0 Å². The predicted octanol–water partition coefficient (Wildman–Crippen LogP) is 4.56. The molecule has 0 aromatic heterocycles. The van der Waals surface area contributed by atoms with Crippen LogP contribution in [0, 0.1) is 0 Å². The minimum atomic E-state index is 0.142. The van der Waals surface area contributed by atoms with E-state index in [0.717, 1.165) is 25.9 Å². The summed E-state index contributed by atoms with van der Waals surface area (Å²) in [6.07, 6.45) is 3.64. The second-order valence-electron chi connectivity index (χ2n) is 7.27. The lowest BCUT2D eigenvalue weighted by molar-refractivity contribution is -0.121. The first-order chi connectivity index (χ1) is 13.3. The van der Waals surface area contributed by atoms with Crippen LogP contribution in [0.3, 0.4) is 0 Å². The quantitative estimate of drug-likeness (QED) is 0.701. The van der Waals surface area contributed by atoms with Gasteiger partial charge in [-0.2, -0.15) is 0 Å². The van der Waals surface area contributed by atoms with E-state index in [-0.39, 0.29) is 5.91 Å². The Morgan fingerprint density at radius 2 is 1.74 bits per heavy atom. The van der Waals surface area contributed by atoms with E-state index in [0.29, 0.717) is 12.5 Å². The van der Waals surface area contributed by atoms with E-state index < -0.39 is 0 Å². The summed E-state index contributed by atoms with van der Waals surface area (Å²) < 4.78 is 0. The SMILES string of the molecule is O=C(CCc1cccc2ccccc12)NCC1CCCN1c1ccccc1. The first-order valence-electron chi connectivity index (χ1n) is 9.86. The molecule has 3 nitrogen and oxygen atoms in total. The standard InChI is InChI=1S/C24H26N2O/c27-24(16-15-20-10-6-9-19-8-4-5-14-23(19)20)25-18-22-13-7-17-26(22)21-11-2-1-3-12-21/h1-6,8-12,14,22H,7,13,15-18H2,(H,25,27). The fourth-order valence-corrected chi connectivity index (χ4v) is 4.09. The lowest BCUT2D eigenvalue weighted by Gasteiger charge is -2.27. The Balaban J connectivity index is 1.32. The molecule has 1 saturated heterocycles. The molecule has 0 bridgehead atoms. The van der Waals surface area contributed by atoms with Gasteiger partial charge >= 0.3 is 0 Å². The van der Waals surface area contributed by atoms with Crippen molar-refractivity contribution < 1.29 is 4.79 Å². The van der Waals surface area contributed by atoms with Crippen LogP contribution in [-0.2, 0) is 11.2 Å². The number of hydrogen-bond donors (Lipinski definition) is 1. The Bertz CT molecular complexity index is 901. The molecule has 3 aromatic rings. The average molecular weight is 358 g/mol. The topological polar surface area (TPSA) is 32.3 Å². The molecule has 1 aliphatic heterocycles. The Hall–Kier alpha value is -2.81. The number of nitrogens with zero attached hydrogens (tertiary/aromatic N) is 1. The Kier molecular flexibility index (Phi) is 5.38. The van der Waals surface area contributed by atoms with Crippen molar-refractivity contribution >= 4 is 22.4 Å². The first kappa shape index (κ1) is 17.6. The Morgan fingerprint density at radius 1 is 0.963 bits per heavy atom. The molecule has 0 saturated carbocycles. The van der Waals surface area contributed by atoms with Gasteiger partial charge in [-0.3, -0.25) is 4.79 Å². The summed E-state index contributed by atoms with van der Waals surface area (Å²) in [7, 11) is 0. The van der Waals surface area contributed by atoms with Gasteiger partial charge in [0.15, 0.2) is 0 Å². The molecule has 1 atom stereocenters. The van der Waals surface area contributed by atoms with Crippen LogP contribution in [0.25, 0.3) is 10.8 Å². The summed E-state index contributed by atoms with van der Waals surface area (Å²) in [4.78, 5) is 14.8. The van der Waals surface area contributed by atoms with Crippen LogP contribution in [0.2, 0.25) is 0 Å². The number of carbonyl (C=O) groups excluding carboxylic acids is 1. The molecule has 0 spiro atoms. The van der Waals surface area contributed by atoms with E-state index in [9.17, 15) is 4.79 Å². The zero-order valence-corrected chi connectivity index (χ0v) is 15.6.